The van der Waals surface area contributed by atoms with E-state index in [0.717, 1.165) is 0 Å². The van der Waals surface area contributed by atoms with Gasteiger partial charge in [-0.3, -0.25) is 86.5 Å². The molecule has 504 valence electrons. The fourth-order valence-corrected chi connectivity index (χ4v) is 0. The Hall–Kier alpha value is -15.7. The molecule has 68 heteroatoms. The van der Waals surface area contributed by atoms with Gasteiger partial charge >= 0.3 is 0 Å². The van der Waals surface area contributed by atoms with Crippen molar-refractivity contribution in [3.05, 3.63) is 50.6 Å². The Morgan fingerprint density at radius 2 is 0.167 bits per heavy atom. The van der Waals surface area contributed by atoms with Gasteiger partial charge in [0, 0.05) is 0 Å². The molecule has 0 aromatic heterocycles. The van der Waals surface area contributed by atoms with Gasteiger partial charge in [-0.25, -0.2) is 0 Å². The molecule has 0 heterocycles. The van der Waals surface area contributed by atoms with Gasteiger partial charge in [-0.1, -0.05) is 0 Å². The largest absolute Gasteiger partial charge is 0.370 e. The van der Waals surface area contributed by atoms with Crippen molar-refractivity contribution in [2.24, 2.45) is 183 Å². The zero-order valence-corrected chi connectivity index (χ0v) is 43.0. The lowest BCUT2D eigenvalue weighted by atomic mass is 11.1. The molecule has 0 saturated heterocycles. The minimum Gasteiger partial charge on any atom is -0.370 e. The van der Waals surface area contributed by atoms with E-state index in [9.17, 15) is 0 Å². The summed E-state index contributed by atoms with van der Waals surface area (Å²) in [5, 5.41) is 165. The number of guanidine groups is 16. The van der Waals surface area contributed by atoms with Crippen LogP contribution >= 0.6 is 0 Å². The Labute approximate surface area is 467 Å². The van der Waals surface area contributed by atoms with Gasteiger partial charge in [0.05, 0.1) is 0 Å². The molecule has 0 amide bonds. The second-order valence-electron chi connectivity index (χ2n) is 8.47. The highest BCUT2D eigenvalue weighted by Crippen LogP contribution is 1.40. The van der Waals surface area contributed by atoms with Gasteiger partial charge in [0.1, 0.15) is 0 Å². The van der Waals surface area contributed by atoms with Crippen molar-refractivity contribution >= 4 is 95.4 Å². The van der Waals surface area contributed by atoms with Crippen LogP contribution in [0.25, 0.3) is 0 Å². The van der Waals surface area contributed by atoms with E-state index < -0.39 is 25.4 Å². The molecule has 0 aromatic carbocycles. The first-order valence-electron chi connectivity index (χ1n) is 16.1. The first-order chi connectivity index (χ1) is 36.4. The highest BCUT2D eigenvalue weighted by atomic mass is 16.9. The highest BCUT2D eigenvalue weighted by molar-refractivity contribution is 5.75. The van der Waals surface area contributed by atoms with E-state index in [0.29, 0.717) is 0 Å². The maximum absolute atomic E-state index is 8.36. The zero-order chi connectivity index (χ0) is 75.1. The average molecular weight is 1260 g/mol. The van der Waals surface area contributed by atoms with Gasteiger partial charge in [-0.05, 0) is 0 Å². The summed E-state index contributed by atoms with van der Waals surface area (Å²) in [7, 11) is 0. The van der Waals surface area contributed by atoms with Crippen LogP contribution in [0, 0.1) is 137 Å². The summed E-state index contributed by atoms with van der Waals surface area (Å²) in [5.41, 5.74) is 143. The van der Waals surface area contributed by atoms with Crippen LogP contribution in [0.3, 0.4) is 0 Å². The van der Waals surface area contributed by atoms with Crippen LogP contribution in [-0.2, 0) is 0 Å². The van der Waals surface area contributed by atoms with E-state index in [1.165, 1.54) is 0 Å². The van der Waals surface area contributed by atoms with E-state index >= 15 is 0 Å². The summed E-state index contributed by atoms with van der Waals surface area (Å²) in [6.45, 7) is 0. The molecule has 0 radical (unpaired) electrons. The zero-order valence-electron chi connectivity index (χ0n) is 43.0. The number of rotatable bonds is 0. The van der Waals surface area contributed by atoms with Crippen LogP contribution in [0.1, 0.15) is 0 Å². The second kappa shape index (κ2) is 132. The summed E-state index contributed by atoms with van der Waals surface area (Å²) in [6.07, 6.45) is 0. The topological polar surface area (TPSA) is 1530 Å². The Kier molecular flexibility index (Phi) is 218. The molecule has 0 aliphatic rings. The van der Waals surface area contributed by atoms with Crippen LogP contribution in [0.15, 0.2) is 0 Å². The molecule has 84 heavy (non-hydrogen) atoms. The van der Waals surface area contributed by atoms with Crippen molar-refractivity contribution < 1.29 is 51.5 Å². The van der Waals surface area contributed by atoms with E-state index in [2.05, 4.69) is 183 Å². The molecule has 0 unspecified atom stereocenters. The van der Waals surface area contributed by atoms with Crippen molar-refractivity contribution in [1.29, 1.82) is 86.5 Å². The minimum atomic E-state index is -1.50. The lowest BCUT2D eigenvalue weighted by Gasteiger charge is -1.69. The molecule has 0 aliphatic heterocycles. The van der Waals surface area contributed by atoms with Gasteiger partial charge in [0.25, 0.3) is 25.4 Å². The molecule has 0 rings (SSSR count). The minimum absolute atomic E-state index is 0.333. The van der Waals surface area contributed by atoms with Gasteiger partial charge in [-0.2, -0.15) is 0 Å². The van der Waals surface area contributed by atoms with Crippen molar-refractivity contribution in [3.63, 3.8) is 0 Å². The fourth-order valence-electron chi connectivity index (χ4n) is 0. The summed E-state index contributed by atoms with van der Waals surface area (Å²) in [5.74, 6) is -5.33. The quantitative estimate of drug-likeness (QED) is 0.0463. The summed E-state index contributed by atoms with van der Waals surface area (Å²) in [4.78, 5) is 41.8. The van der Waals surface area contributed by atoms with Crippen LogP contribution in [-0.4, -0.2) is 147 Å². The predicted molar refractivity (Wildman–Crippen MR) is 302 cm³/mol. The monoisotopic (exact) mass is 1260 g/mol. The van der Waals surface area contributed by atoms with Crippen LogP contribution < -0.4 is 183 Å². The molecular weight excluding hydrogens is 1170 g/mol. The second-order valence-corrected chi connectivity index (χ2v) is 8.47. The maximum Gasteiger partial charge on any atom is 0.291 e. The molecule has 0 bridgehead atoms. The molecule has 68 nitrogen and oxygen atoms in total. The van der Waals surface area contributed by atoms with Crippen molar-refractivity contribution in [2.45, 2.75) is 0 Å². The first kappa shape index (κ1) is 138. The maximum atomic E-state index is 8.36. The summed E-state index contributed by atoms with van der Waals surface area (Å²) >= 11 is 0. The first-order valence-corrected chi connectivity index (χ1v) is 16.1. The highest BCUT2D eigenvalue weighted by Gasteiger charge is 1.67. The number of hydrogen-bond donors (Lipinski definition) is 53. The molecule has 0 spiro atoms. The number of hydrogen-bond acceptors (Lipinski definition) is 26. The summed E-state index contributed by atoms with van der Waals surface area (Å²) in [6, 6.07) is 0. The Morgan fingerprint density at radius 1 is 0.167 bits per heavy atom. The normalized spacial score (nSPS) is 6.00. The average Bonchev–Trinajstić information content (AvgIpc) is 3.03. The number of nitrogens with two attached hydrogens (primary N) is 32. The van der Waals surface area contributed by atoms with Crippen LogP contribution in [0.5, 0.6) is 0 Å². The Bertz CT molecular complexity index is 1150. The molecule has 0 aliphatic carbocycles. The number of nitrogens with one attached hydrogen (secondary N) is 16. The lowest BCUT2D eigenvalue weighted by Crippen LogP contribution is -2.20. The van der Waals surface area contributed by atoms with Crippen molar-refractivity contribution in [1.82, 2.24) is 0 Å². The third kappa shape index (κ3) is 1150. The van der Waals surface area contributed by atoms with E-state index in [4.69, 9.17) is 163 Å². The standard InChI is InChI=1S/16CH5N3.5HNO3/c21*2-1(3)4/h16*(H5,2,3,4);5*(H,2,3,4). The SMILES string of the molecule is N=C(N)N.N=C(N)N.N=C(N)N.N=C(N)N.N=C(N)N.N=C(N)N.N=C(N)N.N=C(N)N.N=C(N)N.N=C(N)N.N=C(N)N.N=C(N)N.N=C(N)N.N=C(N)N.N=C(N)N.N=C(N)N.O=[N+]([O-])O.O=[N+]([O-])O.O=[N+]([O-])O.O=[N+]([O-])O.O=[N+]([O-])O. The van der Waals surface area contributed by atoms with Gasteiger partial charge < -0.3 is 210 Å². The lowest BCUT2D eigenvalue weighted by molar-refractivity contribution is -0.742. The predicted octanol–water partition coefficient (Wildman–Crippen LogP) is -20.3. The Balaban J connectivity index is -0.0000000261. The molecule has 0 aromatic rings. The summed E-state index contributed by atoms with van der Waals surface area (Å²) < 4.78 is 0. The smallest absolute Gasteiger partial charge is 0.291 e. The van der Waals surface area contributed by atoms with Gasteiger partial charge in [0.2, 0.25) is 0 Å². The molecule has 0 saturated carbocycles. The van der Waals surface area contributed by atoms with E-state index in [1.807, 2.05) is 0 Å². The van der Waals surface area contributed by atoms with Gasteiger partial charge in [-0.15, -0.1) is 50.6 Å². The van der Waals surface area contributed by atoms with Gasteiger partial charge in [0.15, 0.2) is 95.4 Å². The number of nitrogens with zero attached hydrogens (tertiary/aromatic N) is 5. The third-order valence-corrected chi connectivity index (χ3v) is 0. The van der Waals surface area contributed by atoms with Crippen molar-refractivity contribution in [2.75, 3.05) is 0 Å². The van der Waals surface area contributed by atoms with E-state index in [1.54, 1.807) is 0 Å². The van der Waals surface area contributed by atoms with Crippen LogP contribution in [0.2, 0.25) is 0 Å². The third-order valence-electron chi connectivity index (χ3n) is 0. The molecular formula is C16H85N53O15. The Morgan fingerprint density at radius 3 is 0.167 bits per heavy atom. The molecule has 0 fully saturated rings. The van der Waals surface area contributed by atoms with E-state index in [-0.39, 0.29) is 95.4 Å². The fraction of sp³-hybridized carbons (Fsp3) is 0. The van der Waals surface area contributed by atoms with Crippen LogP contribution in [0.4, 0.5) is 0 Å². The molecule has 85 N–H and O–H groups in total. The van der Waals surface area contributed by atoms with Crippen molar-refractivity contribution in [3.8, 4) is 0 Å². The molecule has 0 atom stereocenters.